The van der Waals surface area contributed by atoms with Gasteiger partial charge in [-0.2, -0.15) is 0 Å². The fourth-order valence-electron chi connectivity index (χ4n) is 6.08. The summed E-state index contributed by atoms with van der Waals surface area (Å²) in [6.07, 6.45) is 15.9. The molecule has 2 heteroatoms. The maximum atomic E-state index is 11.7. The van der Waals surface area contributed by atoms with Gasteiger partial charge in [0.05, 0.1) is 0 Å². The van der Waals surface area contributed by atoms with Gasteiger partial charge in [0.2, 0.25) is 5.91 Å². The second-order valence-electron chi connectivity index (χ2n) is 10.6. The van der Waals surface area contributed by atoms with Crippen LogP contribution in [0.4, 0.5) is 0 Å². The molecule has 1 saturated heterocycles. The van der Waals surface area contributed by atoms with Crippen molar-refractivity contribution in [3.05, 3.63) is 101 Å². The smallest absolute Gasteiger partial charge is 0.245 e. The third kappa shape index (κ3) is 4.97. The molecule has 1 atom stereocenters. The largest absolute Gasteiger partial charge is 0.338 e. The number of allylic oxidation sites excluding steroid dienone is 2. The molecule has 3 aliphatic rings. The van der Waals surface area contributed by atoms with Gasteiger partial charge in [0.25, 0.3) is 0 Å². The highest BCUT2D eigenvalue weighted by atomic mass is 16.2. The Hall–Kier alpha value is -2.87. The average molecular weight is 452 g/mol. The van der Waals surface area contributed by atoms with Gasteiger partial charge in [-0.3, -0.25) is 4.79 Å². The summed E-state index contributed by atoms with van der Waals surface area (Å²) >= 11 is 0. The molecule has 0 bridgehead atoms. The standard InChI is InChI=1S/C32H37NO/c1-3-32(34)33-21-26(22-33)13-18-30-23(2)9-14-29-17-12-25(20-31(29)30)19-24-10-15-28(16-11-24)27-7-5-4-6-8-27/h3,9-12,14-17,20,26-27,30H,1-2,4-8,13,18-19,21-22H2. The van der Waals surface area contributed by atoms with Gasteiger partial charge < -0.3 is 4.90 Å². The molecule has 1 unspecified atom stereocenters. The van der Waals surface area contributed by atoms with Crippen molar-refractivity contribution in [2.24, 2.45) is 5.92 Å². The number of benzene rings is 2. The number of fused-ring (bicyclic) bond motifs is 1. The quantitative estimate of drug-likeness (QED) is 0.401. The molecule has 34 heavy (non-hydrogen) atoms. The van der Waals surface area contributed by atoms with Crippen molar-refractivity contribution in [2.45, 2.75) is 63.2 Å². The first-order valence-corrected chi connectivity index (χ1v) is 13.1. The molecule has 1 saturated carbocycles. The molecule has 2 nitrogen and oxygen atoms in total. The SMILES string of the molecule is C=CC(=O)N1CC(CCC2C(=C)C=Cc3ccc(Cc4ccc(C5CCCCC5)cc4)cc32)C1. The first kappa shape index (κ1) is 22.9. The van der Waals surface area contributed by atoms with E-state index in [2.05, 4.69) is 67.8 Å². The number of likely N-dealkylation sites (tertiary alicyclic amines) is 1. The summed E-state index contributed by atoms with van der Waals surface area (Å²) in [6.45, 7) is 9.70. The first-order valence-electron chi connectivity index (χ1n) is 13.1. The summed E-state index contributed by atoms with van der Waals surface area (Å²) in [4.78, 5) is 13.6. The van der Waals surface area contributed by atoms with E-state index in [0.29, 0.717) is 11.8 Å². The lowest BCUT2D eigenvalue weighted by Gasteiger charge is -2.39. The maximum absolute atomic E-state index is 11.7. The van der Waals surface area contributed by atoms with Crippen LogP contribution in [-0.4, -0.2) is 23.9 Å². The Morgan fingerprint density at radius 1 is 0.941 bits per heavy atom. The van der Waals surface area contributed by atoms with Crippen LogP contribution in [0.1, 0.15) is 84.6 Å². The third-order valence-electron chi connectivity index (χ3n) is 8.22. The Morgan fingerprint density at radius 2 is 1.68 bits per heavy atom. The lowest BCUT2D eigenvalue weighted by atomic mass is 9.78. The number of hydrogen-bond donors (Lipinski definition) is 0. The van der Waals surface area contributed by atoms with Gasteiger partial charge in [0, 0.05) is 19.0 Å². The number of nitrogens with zero attached hydrogens (tertiary/aromatic N) is 1. The number of amides is 1. The van der Waals surface area contributed by atoms with Gasteiger partial charge in [-0.25, -0.2) is 0 Å². The highest BCUT2D eigenvalue weighted by Gasteiger charge is 2.30. The minimum atomic E-state index is 0.0584. The molecule has 2 aliphatic carbocycles. The van der Waals surface area contributed by atoms with Crippen LogP contribution in [0.5, 0.6) is 0 Å². The van der Waals surface area contributed by atoms with E-state index in [1.54, 1.807) is 0 Å². The van der Waals surface area contributed by atoms with Crippen molar-refractivity contribution in [3.63, 3.8) is 0 Å². The van der Waals surface area contributed by atoms with Crippen LogP contribution in [-0.2, 0) is 11.2 Å². The van der Waals surface area contributed by atoms with E-state index in [4.69, 9.17) is 0 Å². The van der Waals surface area contributed by atoms with Gasteiger partial charge in [0.15, 0.2) is 0 Å². The van der Waals surface area contributed by atoms with Crippen molar-refractivity contribution < 1.29 is 4.79 Å². The zero-order valence-corrected chi connectivity index (χ0v) is 20.3. The van der Waals surface area contributed by atoms with Crippen molar-refractivity contribution in [2.75, 3.05) is 13.1 Å². The minimum Gasteiger partial charge on any atom is -0.338 e. The van der Waals surface area contributed by atoms with Crippen LogP contribution >= 0.6 is 0 Å². The molecule has 5 rings (SSSR count). The molecule has 2 fully saturated rings. The molecule has 0 spiro atoms. The van der Waals surface area contributed by atoms with E-state index in [1.807, 2.05) is 4.90 Å². The molecule has 0 radical (unpaired) electrons. The van der Waals surface area contributed by atoms with E-state index in [9.17, 15) is 4.79 Å². The Kier molecular flexibility index (Phi) is 6.85. The predicted molar refractivity (Wildman–Crippen MR) is 142 cm³/mol. The third-order valence-corrected chi connectivity index (χ3v) is 8.22. The Bertz CT molecular complexity index is 1080. The summed E-state index contributed by atoms with van der Waals surface area (Å²) in [5, 5.41) is 0. The fraction of sp³-hybridized carbons (Fsp3) is 0.406. The van der Waals surface area contributed by atoms with Gasteiger partial charge >= 0.3 is 0 Å². The van der Waals surface area contributed by atoms with E-state index in [1.165, 1.54) is 71.6 Å². The molecule has 1 heterocycles. The van der Waals surface area contributed by atoms with Gasteiger partial charge in [0.1, 0.15) is 0 Å². The molecule has 0 aromatic heterocycles. The van der Waals surface area contributed by atoms with Crippen LogP contribution in [0.3, 0.4) is 0 Å². The van der Waals surface area contributed by atoms with E-state index in [0.717, 1.165) is 38.3 Å². The summed E-state index contributed by atoms with van der Waals surface area (Å²) < 4.78 is 0. The number of carbonyl (C=O) groups is 1. The van der Waals surface area contributed by atoms with Gasteiger partial charge in [-0.05, 0) is 83.4 Å². The molecule has 1 aliphatic heterocycles. The molecule has 176 valence electrons. The van der Waals surface area contributed by atoms with Crippen LogP contribution < -0.4 is 0 Å². The minimum absolute atomic E-state index is 0.0584. The second kappa shape index (κ2) is 10.2. The first-order chi connectivity index (χ1) is 16.6. The highest BCUT2D eigenvalue weighted by Crippen LogP contribution is 2.39. The normalized spacial score (nSPS) is 20.6. The van der Waals surface area contributed by atoms with E-state index >= 15 is 0 Å². The summed E-state index contributed by atoms with van der Waals surface area (Å²) in [6, 6.07) is 16.4. The molecular weight excluding hydrogens is 414 g/mol. The number of rotatable bonds is 7. The summed E-state index contributed by atoms with van der Waals surface area (Å²) in [5.74, 6) is 1.79. The molecular formula is C32H37NO. The van der Waals surface area contributed by atoms with Crippen molar-refractivity contribution in [1.29, 1.82) is 0 Å². The summed E-state index contributed by atoms with van der Waals surface area (Å²) in [5.41, 5.74) is 8.25. The van der Waals surface area contributed by atoms with Crippen molar-refractivity contribution >= 4 is 12.0 Å². The monoisotopic (exact) mass is 451 g/mol. The van der Waals surface area contributed by atoms with Crippen molar-refractivity contribution in [3.8, 4) is 0 Å². The predicted octanol–water partition coefficient (Wildman–Crippen LogP) is 7.42. The highest BCUT2D eigenvalue weighted by molar-refractivity contribution is 5.87. The zero-order chi connectivity index (χ0) is 23.5. The van der Waals surface area contributed by atoms with Crippen LogP contribution in [0.25, 0.3) is 6.08 Å². The van der Waals surface area contributed by atoms with E-state index in [-0.39, 0.29) is 5.91 Å². The fourth-order valence-corrected chi connectivity index (χ4v) is 6.08. The van der Waals surface area contributed by atoms with Gasteiger partial charge in [-0.15, -0.1) is 0 Å². The van der Waals surface area contributed by atoms with Crippen LogP contribution in [0.2, 0.25) is 0 Å². The molecule has 2 aromatic carbocycles. The molecule has 1 amide bonds. The Labute approximate surface area is 205 Å². The van der Waals surface area contributed by atoms with Crippen LogP contribution in [0, 0.1) is 5.92 Å². The van der Waals surface area contributed by atoms with Crippen LogP contribution in [0.15, 0.2) is 73.3 Å². The van der Waals surface area contributed by atoms with Gasteiger partial charge in [-0.1, -0.05) is 87.0 Å². The average Bonchev–Trinajstić information content (AvgIpc) is 2.85. The Morgan fingerprint density at radius 3 is 2.41 bits per heavy atom. The summed E-state index contributed by atoms with van der Waals surface area (Å²) in [7, 11) is 0. The lowest BCUT2D eigenvalue weighted by Crippen LogP contribution is -2.49. The van der Waals surface area contributed by atoms with E-state index < -0.39 is 0 Å². The lowest BCUT2D eigenvalue weighted by molar-refractivity contribution is -0.132. The number of hydrogen-bond acceptors (Lipinski definition) is 1. The number of carbonyl (C=O) groups excluding carboxylic acids is 1. The molecule has 0 N–H and O–H groups in total. The Balaban J connectivity index is 1.24. The van der Waals surface area contributed by atoms with Crippen molar-refractivity contribution in [1.82, 2.24) is 4.90 Å². The maximum Gasteiger partial charge on any atom is 0.245 e. The molecule has 2 aromatic rings. The topological polar surface area (TPSA) is 20.3 Å². The second-order valence-corrected chi connectivity index (χ2v) is 10.6. The zero-order valence-electron chi connectivity index (χ0n) is 20.3.